The first-order chi connectivity index (χ1) is 15.5. The molecule has 1 aromatic carbocycles. The highest BCUT2D eigenvalue weighted by Crippen LogP contribution is 2.32. The molecule has 32 heavy (non-hydrogen) atoms. The lowest BCUT2D eigenvalue weighted by molar-refractivity contribution is -0.122. The van der Waals surface area contributed by atoms with Gasteiger partial charge in [-0.15, -0.1) is 0 Å². The van der Waals surface area contributed by atoms with Gasteiger partial charge in [0.05, 0.1) is 5.52 Å². The molecule has 1 aromatic heterocycles. The van der Waals surface area contributed by atoms with Crippen molar-refractivity contribution in [3.05, 3.63) is 83.9 Å². The smallest absolute Gasteiger partial charge is 0.255 e. The molecular weight excluding hydrogens is 396 g/mol. The average Bonchev–Trinajstić information content (AvgIpc) is 3.16. The van der Waals surface area contributed by atoms with Crippen LogP contribution in [0.4, 0.5) is 0 Å². The van der Waals surface area contributed by atoms with E-state index in [4.69, 9.17) is 0 Å². The van der Waals surface area contributed by atoms with Crippen LogP contribution in [0.2, 0.25) is 0 Å². The molecule has 0 radical (unpaired) electrons. The third-order valence-corrected chi connectivity index (χ3v) is 6.75. The molecule has 1 amide bonds. The fourth-order valence-electron chi connectivity index (χ4n) is 4.86. The van der Waals surface area contributed by atoms with Gasteiger partial charge < -0.3 is 4.90 Å². The Morgan fingerprint density at radius 3 is 2.69 bits per heavy atom. The van der Waals surface area contributed by atoms with E-state index in [1.807, 2.05) is 48.3 Å². The van der Waals surface area contributed by atoms with E-state index in [0.717, 1.165) is 53.7 Å². The van der Waals surface area contributed by atoms with Gasteiger partial charge >= 0.3 is 0 Å². The van der Waals surface area contributed by atoms with E-state index in [1.165, 1.54) is 5.57 Å². The summed E-state index contributed by atoms with van der Waals surface area (Å²) in [6.45, 7) is 6.76. The molecule has 3 aliphatic rings. The van der Waals surface area contributed by atoms with E-state index in [-0.39, 0.29) is 5.91 Å². The Kier molecular flexibility index (Phi) is 5.43. The summed E-state index contributed by atoms with van der Waals surface area (Å²) < 4.78 is 1.81. The zero-order valence-corrected chi connectivity index (χ0v) is 19.0. The Bertz CT molecular complexity index is 1200. The van der Waals surface area contributed by atoms with Crippen molar-refractivity contribution in [1.29, 1.82) is 0 Å². The van der Waals surface area contributed by atoms with Crippen LogP contribution >= 0.6 is 0 Å². The predicted molar refractivity (Wildman–Crippen MR) is 129 cm³/mol. The minimum Gasteiger partial charge on any atom is -0.301 e. The SMILES string of the molecule is CC(C)N1CCC(C2=CN3C(=O)/C=C(c4ccc5nn(C)cc5c4)\C=C\C=C3C=C2)CC1. The van der Waals surface area contributed by atoms with Crippen molar-refractivity contribution in [3.63, 3.8) is 0 Å². The van der Waals surface area contributed by atoms with Crippen molar-refractivity contribution in [3.8, 4) is 0 Å². The monoisotopic (exact) mass is 426 g/mol. The molecule has 0 atom stereocenters. The highest BCUT2D eigenvalue weighted by molar-refractivity contribution is 6.00. The molecule has 5 rings (SSSR count). The molecule has 0 bridgehead atoms. The van der Waals surface area contributed by atoms with Gasteiger partial charge in [-0.2, -0.15) is 5.10 Å². The largest absolute Gasteiger partial charge is 0.301 e. The van der Waals surface area contributed by atoms with Crippen LogP contribution in [-0.4, -0.2) is 44.6 Å². The molecule has 5 nitrogen and oxygen atoms in total. The summed E-state index contributed by atoms with van der Waals surface area (Å²) in [5, 5.41) is 5.52. The third-order valence-electron chi connectivity index (χ3n) is 6.75. The molecule has 1 fully saturated rings. The lowest BCUT2D eigenvalue weighted by Gasteiger charge is -2.36. The summed E-state index contributed by atoms with van der Waals surface area (Å²) in [6.07, 6.45) is 18.4. The van der Waals surface area contributed by atoms with E-state index in [2.05, 4.69) is 48.3 Å². The van der Waals surface area contributed by atoms with E-state index < -0.39 is 0 Å². The topological polar surface area (TPSA) is 41.4 Å². The summed E-state index contributed by atoms with van der Waals surface area (Å²) in [7, 11) is 1.92. The zero-order chi connectivity index (χ0) is 22.2. The van der Waals surface area contributed by atoms with Gasteiger partial charge in [-0.25, -0.2) is 0 Å². The number of hydrogen-bond donors (Lipinski definition) is 0. The molecule has 0 aliphatic carbocycles. The molecule has 4 heterocycles. The molecule has 5 heteroatoms. The van der Waals surface area contributed by atoms with Gasteiger partial charge in [0.15, 0.2) is 0 Å². The van der Waals surface area contributed by atoms with Gasteiger partial charge in [-0.05, 0) is 86.7 Å². The lowest BCUT2D eigenvalue weighted by Crippen LogP contribution is -2.39. The highest BCUT2D eigenvalue weighted by Gasteiger charge is 2.26. The van der Waals surface area contributed by atoms with Crippen molar-refractivity contribution in [1.82, 2.24) is 19.6 Å². The molecular formula is C27H30N4O. The van der Waals surface area contributed by atoms with Gasteiger partial charge in [0, 0.05) is 42.6 Å². The molecule has 3 aliphatic heterocycles. The van der Waals surface area contributed by atoms with Crippen molar-refractivity contribution >= 4 is 22.4 Å². The minimum absolute atomic E-state index is 0.0108. The molecule has 1 saturated heterocycles. The number of rotatable bonds is 3. The van der Waals surface area contributed by atoms with Gasteiger partial charge in [0.25, 0.3) is 5.91 Å². The zero-order valence-electron chi connectivity index (χ0n) is 19.0. The summed E-state index contributed by atoms with van der Waals surface area (Å²) in [6, 6.07) is 6.73. The van der Waals surface area contributed by atoms with E-state index in [0.29, 0.717) is 12.0 Å². The van der Waals surface area contributed by atoms with E-state index >= 15 is 0 Å². The van der Waals surface area contributed by atoms with Crippen LogP contribution in [0.15, 0.2) is 78.3 Å². The van der Waals surface area contributed by atoms with Crippen molar-refractivity contribution in [2.24, 2.45) is 13.0 Å². The Hall–Kier alpha value is -3.18. The number of aryl methyl sites for hydroxylation is 1. The Labute approximate surface area is 189 Å². The maximum Gasteiger partial charge on any atom is 0.255 e. The first-order valence-electron chi connectivity index (χ1n) is 11.5. The number of amides is 1. The fraction of sp³-hybridized carbons (Fsp3) is 0.333. The molecule has 0 spiro atoms. The van der Waals surface area contributed by atoms with Crippen LogP contribution < -0.4 is 0 Å². The summed E-state index contributed by atoms with van der Waals surface area (Å²) >= 11 is 0. The first-order valence-corrected chi connectivity index (χ1v) is 11.5. The maximum atomic E-state index is 13.3. The van der Waals surface area contributed by atoms with Crippen LogP contribution in [0.25, 0.3) is 16.5 Å². The van der Waals surface area contributed by atoms with Gasteiger partial charge in [0.2, 0.25) is 0 Å². The molecule has 164 valence electrons. The van der Waals surface area contributed by atoms with Crippen molar-refractivity contribution in [2.45, 2.75) is 32.7 Å². The lowest BCUT2D eigenvalue weighted by atomic mass is 9.87. The van der Waals surface area contributed by atoms with Gasteiger partial charge in [0.1, 0.15) is 0 Å². The summed E-state index contributed by atoms with van der Waals surface area (Å²) in [5.41, 5.74) is 5.05. The van der Waals surface area contributed by atoms with E-state index in [9.17, 15) is 4.79 Å². The van der Waals surface area contributed by atoms with Gasteiger partial charge in [-0.3, -0.25) is 14.4 Å². The molecule has 2 aromatic rings. The number of hydrogen-bond acceptors (Lipinski definition) is 3. The van der Waals surface area contributed by atoms with Crippen molar-refractivity contribution in [2.75, 3.05) is 13.1 Å². The standard InChI is InChI=1S/C27H30N4O/c1-19(2)30-13-11-20(12-14-30)23-7-9-25-6-4-5-21(16-27(32)31(25)18-23)22-8-10-26-24(15-22)17-29(3)28-26/h4-10,15-20H,11-14H2,1-3H3/b5-4+,21-16+,25-6?. The van der Waals surface area contributed by atoms with Crippen molar-refractivity contribution < 1.29 is 4.79 Å². The number of fused-ring (bicyclic) bond motifs is 2. The molecule has 0 saturated carbocycles. The Morgan fingerprint density at radius 2 is 1.91 bits per heavy atom. The minimum atomic E-state index is -0.0108. The second-order valence-electron chi connectivity index (χ2n) is 9.20. The normalized spacial score (nSPS) is 22.8. The average molecular weight is 427 g/mol. The third kappa shape index (κ3) is 4.00. The van der Waals surface area contributed by atoms with Gasteiger partial charge in [-0.1, -0.05) is 24.3 Å². The number of allylic oxidation sites excluding steroid dienone is 7. The van der Waals surface area contributed by atoms with Crippen LogP contribution in [-0.2, 0) is 11.8 Å². The van der Waals surface area contributed by atoms with Crippen LogP contribution in [0, 0.1) is 5.92 Å². The fourth-order valence-corrected chi connectivity index (χ4v) is 4.86. The van der Waals surface area contributed by atoms with Crippen LogP contribution in [0.5, 0.6) is 0 Å². The highest BCUT2D eigenvalue weighted by atomic mass is 16.2. The number of likely N-dealkylation sites (tertiary alicyclic amines) is 1. The molecule has 0 N–H and O–H groups in total. The number of piperidine rings is 1. The Balaban J connectivity index is 1.41. The quantitative estimate of drug-likeness (QED) is 0.707. The number of carbonyl (C=O) groups is 1. The second-order valence-corrected chi connectivity index (χ2v) is 9.20. The summed E-state index contributed by atoms with van der Waals surface area (Å²) in [4.78, 5) is 17.6. The van der Waals surface area contributed by atoms with E-state index in [1.54, 1.807) is 11.0 Å². The summed E-state index contributed by atoms with van der Waals surface area (Å²) in [5.74, 6) is 0.497. The number of carbonyl (C=O) groups excluding carboxylic acids is 1. The first kappa shape index (κ1) is 20.7. The molecule has 0 unspecified atom stereocenters. The van der Waals surface area contributed by atoms with Crippen LogP contribution in [0.3, 0.4) is 0 Å². The number of aromatic nitrogens is 2. The number of nitrogens with zero attached hydrogens (tertiary/aromatic N) is 4. The Morgan fingerprint density at radius 1 is 1.09 bits per heavy atom. The number of benzene rings is 1. The van der Waals surface area contributed by atoms with Crippen LogP contribution in [0.1, 0.15) is 32.3 Å². The second kappa shape index (κ2) is 8.40. The predicted octanol–water partition coefficient (Wildman–Crippen LogP) is 4.81. The maximum absolute atomic E-state index is 13.3.